The molecule has 0 radical (unpaired) electrons. The van der Waals surface area contributed by atoms with Crippen molar-refractivity contribution in [2.75, 3.05) is 7.11 Å². The third-order valence-electron chi connectivity index (χ3n) is 12.8. The van der Waals surface area contributed by atoms with Gasteiger partial charge in [0.2, 0.25) is 0 Å². The van der Waals surface area contributed by atoms with Gasteiger partial charge in [0.05, 0.1) is 13.0 Å². The summed E-state index contributed by atoms with van der Waals surface area (Å²) in [6.45, 7) is 20.1. The molecule has 1 N–H and O–H groups in total. The Morgan fingerprint density at radius 2 is 1.62 bits per heavy atom. The van der Waals surface area contributed by atoms with Crippen molar-refractivity contribution in [1.82, 2.24) is 0 Å². The van der Waals surface area contributed by atoms with Crippen molar-refractivity contribution in [1.29, 1.82) is 0 Å². The van der Waals surface area contributed by atoms with Gasteiger partial charge in [0.25, 0.3) is 0 Å². The van der Waals surface area contributed by atoms with Crippen LogP contribution in [0.4, 0.5) is 0 Å². The van der Waals surface area contributed by atoms with E-state index in [4.69, 9.17) is 4.74 Å². The van der Waals surface area contributed by atoms with Crippen LogP contribution in [-0.4, -0.2) is 36.2 Å². The highest BCUT2D eigenvalue weighted by Gasteiger charge is 2.64. The maximum atomic E-state index is 12.6. The molecule has 0 aromatic rings. The van der Waals surface area contributed by atoms with Crippen LogP contribution in [0.25, 0.3) is 0 Å². The standard InChI is InChI=1S/C34H52O6/c1-20(2)21(3)10-11-22(28(35)36)23-14-18-34(8)25-12-13-26-31(4,5)27(40-30(38)29(37)39-9)16-17-32(26,6)24(25)15-19-33(23,34)7/h20,22-23,26-27H,3,10-19H2,1-2,4-9H3,(H,35,36)/t22-,23-,26+,27+,32-,33-,34+/m1/s1. The smallest absolute Gasteiger partial charge is 0.417 e. The number of hydrogen-bond acceptors (Lipinski definition) is 5. The summed E-state index contributed by atoms with van der Waals surface area (Å²) in [4.78, 5) is 36.7. The van der Waals surface area contributed by atoms with E-state index in [2.05, 4.69) is 59.8 Å². The molecule has 4 aliphatic carbocycles. The van der Waals surface area contributed by atoms with E-state index in [-0.39, 0.29) is 39.6 Å². The maximum Gasteiger partial charge on any atom is 0.417 e. The summed E-state index contributed by atoms with van der Waals surface area (Å²) in [6, 6.07) is 0. The van der Waals surface area contributed by atoms with E-state index in [0.29, 0.717) is 18.3 Å². The summed E-state index contributed by atoms with van der Waals surface area (Å²) in [5.41, 5.74) is 4.03. The molecule has 7 atom stereocenters. The van der Waals surface area contributed by atoms with Crippen LogP contribution >= 0.6 is 0 Å². The van der Waals surface area contributed by atoms with Crippen molar-refractivity contribution in [3.63, 3.8) is 0 Å². The normalized spacial score (nSPS) is 37.2. The molecule has 2 fully saturated rings. The van der Waals surface area contributed by atoms with Crippen molar-refractivity contribution in [3.8, 4) is 0 Å². The highest BCUT2D eigenvalue weighted by molar-refractivity contribution is 6.29. The minimum atomic E-state index is -0.943. The van der Waals surface area contributed by atoms with Crippen molar-refractivity contribution >= 4 is 17.9 Å². The molecule has 6 nitrogen and oxygen atoms in total. The first-order chi connectivity index (χ1) is 18.5. The Hall–Kier alpha value is -2.11. The number of methoxy groups -OCH3 is 1. The molecule has 0 amide bonds. The van der Waals surface area contributed by atoms with Gasteiger partial charge in [0.15, 0.2) is 0 Å². The molecule has 0 heterocycles. The molecular weight excluding hydrogens is 504 g/mol. The van der Waals surface area contributed by atoms with Crippen LogP contribution in [0.15, 0.2) is 23.3 Å². The Bertz CT molecular complexity index is 1100. The van der Waals surface area contributed by atoms with Gasteiger partial charge in [-0.1, -0.05) is 71.8 Å². The van der Waals surface area contributed by atoms with Crippen LogP contribution in [0.3, 0.4) is 0 Å². The highest BCUT2D eigenvalue weighted by Crippen LogP contribution is 2.72. The fourth-order valence-electron chi connectivity index (χ4n) is 9.95. The van der Waals surface area contributed by atoms with Gasteiger partial charge in [-0.05, 0) is 98.2 Å². The molecule has 0 bridgehead atoms. The second-order valence-electron chi connectivity index (χ2n) is 14.9. The lowest BCUT2D eigenvalue weighted by atomic mass is 9.43. The quantitative estimate of drug-likeness (QED) is 0.198. The predicted molar refractivity (Wildman–Crippen MR) is 155 cm³/mol. The Balaban J connectivity index is 1.62. The Kier molecular flexibility index (Phi) is 8.19. The van der Waals surface area contributed by atoms with Gasteiger partial charge in [-0.3, -0.25) is 4.79 Å². The first kappa shape index (κ1) is 30.8. The lowest BCUT2D eigenvalue weighted by molar-refractivity contribution is -0.182. The van der Waals surface area contributed by atoms with Crippen LogP contribution in [0.2, 0.25) is 0 Å². The second-order valence-corrected chi connectivity index (χ2v) is 14.9. The van der Waals surface area contributed by atoms with E-state index in [1.54, 1.807) is 11.1 Å². The number of fused-ring (bicyclic) bond motifs is 4. The zero-order valence-electron chi connectivity index (χ0n) is 26.2. The van der Waals surface area contributed by atoms with Gasteiger partial charge in [-0.25, -0.2) is 9.59 Å². The van der Waals surface area contributed by atoms with Crippen LogP contribution < -0.4 is 0 Å². The van der Waals surface area contributed by atoms with Gasteiger partial charge in [0.1, 0.15) is 6.10 Å². The minimum absolute atomic E-state index is 0.000326. The fourth-order valence-corrected chi connectivity index (χ4v) is 9.95. The number of carbonyl (C=O) groups is 3. The molecule has 2 saturated carbocycles. The molecule has 0 aromatic heterocycles. The number of esters is 2. The monoisotopic (exact) mass is 556 g/mol. The van der Waals surface area contributed by atoms with Crippen LogP contribution in [0.1, 0.15) is 113 Å². The number of carboxylic acid groups (broad SMARTS) is 1. The maximum absolute atomic E-state index is 12.6. The number of carboxylic acids is 1. The first-order valence-electron chi connectivity index (χ1n) is 15.5. The summed E-state index contributed by atoms with van der Waals surface area (Å²) < 4.78 is 10.3. The van der Waals surface area contributed by atoms with Gasteiger partial charge < -0.3 is 14.6 Å². The largest absolute Gasteiger partial charge is 0.481 e. The number of ether oxygens (including phenoxy) is 2. The Morgan fingerprint density at radius 3 is 2.23 bits per heavy atom. The SMILES string of the molecule is C=C(CC[C@@H](C(=O)O)[C@H]1CC[C@@]2(C)C3=C(CC[C@]12C)[C@@]1(C)CC[C@H](OC(=O)C(=O)OC)C(C)(C)[C@@H]1CC3)C(C)C. The highest BCUT2D eigenvalue weighted by atomic mass is 16.6. The fraction of sp³-hybridized carbons (Fsp3) is 0.794. The number of hydrogen-bond donors (Lipinski definition) is 1. The Labute approximate surface area is 241 Å². The number of rotatable bonds is 7. The van der Waals surface area contributed by atoms with Crippen LogP contribution in [0.5, 0.6) is 0 Å². The Morgan fingerprint density at radius 1 is 0.950 bits per heavy atom. The number of allylic oxidation sites excluding steroid dienone is 3. The van der Waals surface area contributed by atoms with E-state index in [0.717, 1.165) is 63.4 Å². The molecule has 0 aromatic carbocycles. The zero-order chi connectivity index (χ0) is 29.8. The van der Waals surface area contributed by atoms with Gasteiger partial charge in [-0.2, -0.15) is 0 Å². The number of aliphatic carboxylic acids is 1. The average Bonchev–Trinajstić information content (AvgIpc) is 3.16. The topological polar surface area (TPSA) is 89.9 Å². The molecule has 0 spiro atoms. The zero-order valence-corrected chi connectivity index (χ0v) is 26.2. The van der Waals surface area contributed by atoms with Gasteiger partial charge in [-0.15, -0.1) is 0 Å². The van der Waals surface area contributed by atoms with E-state index < -0.39 is 17.9 Å². The second kappa shape index (κ2) is 10.6. The lowest BCUT2D eigenvalue weighted by Gasteiger charge is -2.62. The third kappa shape index (κ3) is 4.65. The molecule has 0 aliphatic heterocycles. The molecule has 4 aliphatic rings. The van der Waals surface area contributed by atoms with Gasteiger partial charge in [0, 0.05) is 5.41 Å². The summed E-state index contributed by atoms with van der Waals surface area (Å²) in [7, 11) is 1.20. The molecule has 0 saturated heterocycles. The van der Waals surface area contributed by atoms with E-state index in [1.807, 2.05) is 0 Å². The molecule has 0 unspecified atom stereocenters. The lowest BCUT2D eigenvalue weighted by Crippen LogP contribution is -2.56. The third-order valence-corrected chi connectivity index (χ3v) is 12.8. The minimum Gasteiger partial charge on any atom is -0.481 e. The van der Waals surface area contributed by atoms with Crippen molar-refractivity contribution in [3.05, 3.63) is 23.3 Å². The molecular formula is C34H52O6. The average molecular weight is 557 g/mol. The number of carbonyl (C=O) groups excluding carboxylic acids is 2. The first-order valence-corrected chi connectivity index (χ1v) is 15.5. The molecule has 40 heavy (non-hydrogen) atoms. The molecule has 6 heteroatoms. The van der Waals surface area contributed by atoms with Crippen molar-refractivity contribution in [2.24, 2.45) is 45.3 Å². The summed E-state index contributed by atoms with van der Waals surface area (Å²) in [5.74, 6) is -1.95. The molecule has 224 valence electrons. The van der Waals surface area contributed by atoms with Crippen molar-refractivity contribution < 1.29 is 29.0 Å². The van der Waals surface area contributed by atoms with Gasteiger partial charge >= 0.3 is 17.9 Å². The van der Waals surface area contributed by atoms with Crippen LogP contribution in [0, 0.1) is 45.3 Å². The molecule has 4 rings (SSSR count). The van der Waals surface area contributed by atoms with Crippen LogP contribution in [-0.2, 0) is 23.9 Å². The van der Waals surface area contributed by atoms with E-state index >= 15 is 0 Å². The van der Waals surface area contributed by atoms with Crippen molar-refractivity contribution in [2.45, 2.75) is 119 Å². The summed E-state index contributed by atoms with van der Waals surface area (Å²) in [6.07, 6.45) is 8.84. The predicted octanol–water partition coefficient (Wildman–Crippen LogP) is 7.51. The summed E-state index contributed by atoms with van der Waals surface area (Å²) >= 11 is 0. The van der Waals surface area contributed by atoms with E-state index in [1.165, 1.54) is 7.11 Å². The van der Waals surface area contributed by atoms with E-state index in [9.17, 15) is 19.5 Å². The summed E-state index contributed by atoms with van der Waals surface area (Å²) in [5, 5.41) is 10.4.